The van der Waals surface area contributed by atoms with Gasteiger partial charge in [-0.05, 0) is 18.4 Å². The van der Waals surface area contributed by atoms with E-state index in [0.29, 0.717) is 19.3 Å². The average Bonchev–Trinajstić information content (AvgIpc) is 2.36. The number of rotatable bonds is 5. The Morgan fingerprint density at radius 3 is 2.44 bits per heavy atom. The van der Waals surface area contributed by atoms with Crippen molar-refractivity contribution in [3.63, 3.8) is 0 Å². The number of hydrogen-bond donors (Lipinski definition) is 0. The van der Waals surface area contributed by atoms with Crippen LogP contribution in [-0.4, -0.2) is 0 Å². The van der Waals surface area contributed by atoms with Crippen molar-refractivity contribution in [2.24, 2.45) is 0 Å². The van der Waals surface area contributed by atoms with Crippen molar-refractivity contribution in [3.8, 4) is 12.1 Å². The van der Waals surface area contributed by atoms with Gasteiger partial charge in [0.05, 0.1) is 17.6 Å². The molecule has 0 aliphatic carbocycles. The minimum atomic E-state index is -0.598. The molecule has 0 bridgehead atoms. The molecule has 0 spiro atoms. The standard InChI is InChI=1S/C14H14N2/c1-2-9-14(12-16,10-6-11-15)13-7-4-3-5-8-13/h2-5,7-8H,1,6,9-10H2. The van der Waals surface area contributed by atoms with E-state index in [0.717, 1.165) is 5.56 Å². The minimum absolute atomic E-state index is 0.385. The first-order valence-corrected chi connectivity index (χ1v) is 5.24. The van der Waals surface area contributed by atoms with Gasteiger partial charge in [-0.15, -0.1) is 6.58 Å². The van der Waals surface area contributed by atoms with Crippen LogP contribution in [0.5, 0.6) is 0 Å². The molecule has 0 heterocycles. The summed E-state index contributed by atoms with van der Waals surface area (Å²) in [5.41, 5.74) is 0.367. The number of nitriles is 2. The van der Waals surface area contributed by atoms with E-state index in [-0.39, 0.29) is 0 Å². The third-order valence-electron chi connectivity index (χ3n) is 2.70. The van der Waals surface area contributed by atoms with Gasteiger partial charge < -0.3 is 0 Å². The summed E-state index contributed by atoms with van der Waals surface area (Å²) in [4.78, 5) is 0. The second-order valence-corrected chi connectivity index (χ2v) is 3.71. The van der Waals surface area contributed by atoms with E-state index < -0.39 is 5.41 Å². The Morgan fingerprint density at radius 1 is 1.25 bits per heavy atom. The normalized spacial score (nSPS) is 13.1. The van der Waals surface area contributed by atoms with Crippen LogP contribution in [0.3, 0.4) is 0 Å². The summed E-state index contributed by atoms with van der Waals surface area (Å²) >= 11 is 0. The van der Waals surface area contributed by atoms with Gasteiger partial charge in [0.2, 0.25) is 0 Å². The Labute approximate surface area is 96.4 Å². The Bertz CT molecular complexity index is 422. The predicted octanol–water partition coefficient (Wildman–Crippen LogP) is 3.33. The molecule has 2 nitrogen and oxygen atoms in total. The van der Waals surface area contributed by atoms with Crippen LogP contribution in [-0.2, 0) is 5.41 Å². The zero-order valence-corrected chi connectivity index (χ0v) is 9.19. The quantitative estimate of drug-likeness (QED) is 0.700. The summed E-state index contributed by atoms with van der Waals surface area (Å²) in [5, 5.41) is 18.0. The fourth-order valence-corrected chi connectivity index (χ4v) is 1.80. The minimum Gasteiger partial charge on any atom is -0.198 e. The highest BCUT2D eigenvalue weighted by Gasteiger charge is 2.30. The highest BCUT2D eigenvalue weighted by Crippen LogP contribution is 2.32. The molecule has 0 aliphatic rings. The molecule has 1 rings (SSSR count). The third kappa shape index (κ3) is 2.49. The highest BCUT2D eigenvalue weighted by atomic mass is 14.4. The molecular formula is C14H14N2. The molecule has 0 saturated carbocycles. The maximum atomic E-state index is 9.38. The topological polar surface area (TPSA) is 47.6 Å². The molecule has 0 aliphatic heterocycles. The molecule has 1 aromatic carbocycles. The molecule has 80 valence electrons. The van der Waals surface area contributed by atoms with Gasteiger partial charge in [-0.1, -0.05) is 36.4 Å². The summed E-state index contributed by atoms with van der Waals surface area (Å²) in [7, 11) is 0. The first-order chi connectivity index (χ1) is 7.79. The predicted molar refractivity (Wildman–Crippen MR) is 63.4 cm³/mol. The Hall–Kier alpha value is -2.06. The van der Waals surface area contributed by atoms with E-state index in [2.05, 4.69) is 18.7 Å². The van der Waals surface area contributed by atoms with Crippen LogP contribution in [0.1, 0.15) is 24.8 Å². The van der Waals surface area contributed by atoms with Crippen LogP contribution in [0.25, 0.3) is 0 Å². The van der Waals surface area contributed by atoms with Crippen LogP contribution in [0.15, 0.2) is 43.0 Å². The lowest BCUT2D eigenvalue weighted by Crippen LogP contribution is -2.23. The zero-order valence-electron chi connectivity index (χ0n) is 9.19. The van der Waals surface area contributed by atoms with Gasteiger partial charge in [0.15, 0.2) is 0 Å². The molecule has 0 N–H and O–H groups in total. The van der Waals surface area contributed by atoms with Gasteiger partial charge in [0.1, 0.15) is 0 Å². The van der Waals surface area contributed by atoms with E-state index in [1.165, 1.54) is 0 Å². The molecule has 0 aromatic heterocycles. The van der Waals surface area contributed by atoms with Crippen molar-refractivity contribution in [1.29, 1.82) is 10.5 Å². The maximum absolute atomic E-state index is 9.38. The van der Waals surface area contributed by atoms with Crippen LogP contribution in [0.4, 0.5) is 0 Å². The molecule has 0 amide bonds. The van der Waals surface area contributed by atoms with Gasteiger partial charge in [-0.3, -0.25) is 0 Å². The molecule has 2 heteroatoms. The summed E-state index contributed by atoms with van der Waals surface area (Å²) in [6.45, 7) is 3.69. The molecule has 0 saturated heterocycles. The molecular weight excluding hydrogens is 196 g/mol. The largest absolute Gasteiger partial charge is 0.198 e. The first-order valence-electron chi connectivity index (χ1n) is 5.24. The van der Waals surface area contributed by atoms with Crippen LogP contribution < -0.4 is 0 Å². The number of nitrogens with zero attached hydrogens (tertiary/aromatic N) is 2. The summed E-state index contributed by atoms with van der Waals surface area (Å²) in [6, 6.07) is 14.1. The van der Waals surface area contributed by atoms with Crippen LogP contribution in [0.2, 0.25) is 0 Å². The number of allylic oxidation sites excluding steroid dienone is 1. The van der Waals surface area contributed by atoms with Gasteiger partial charge in [0, 0.05) is 6.42 Å². The summed E-state index contributed by atoms with van der Waals surface area (Å²) in [5.74, 6) is 0. The zero-order chi connectivity index (χ0) is 11.9. The molecule has 0 radical (unpaired) electrons. The highest BCUT2D eigenvalue weighted by molar-refractivity contribution is 5.33. The van der Waals surface area contributed by atoms with Gasteiger partial charge in [0.25, 0.3) is 0 Å². The van der Waals surface area contributed by atoms with Crippen molar-refractivity contribution >= 4 is 0 Å². The van der Waals surface area contributed by atoms with Gasteiger partial charge in [-0.25, -0.2) is 0 Å². The molecule has 1 aromatic rings. The van der Waals surface area contributed by atoms with E-state index in [4.69, 9.17) is 5.26 Å². The van der Waals surface area contributed by atoms with Crippen molar-refractivity contribution in [2.45, 2.75) is 24.7 Å². The van der Waals surface area contributed by atoms with E-state index in [1.54, 1.807) is 6.08 Å². The van der Waals surface area contributed by atoms with Crippen molar-refractivity contribution in [3.05, 3.63) is 48.6 Å². The molecule has 0 fully saturated rings. The lowest BCUT2D eigenvalue weighted by Gasteiger charge is -2.24. The van der Waals surface area contributed by atoms with E-state index in [1.807, 2.05) is 30.3 Å². The smallest absolute Gasteiger partial charge is 0.0866 e. The molecule has 1 unspecified atom stereocenters. The van der Waals surface area contributed by atoms with Crippen LogP contribution in [0, 0.1) is 22.7 Å². The summed E-state index contributed by atoms with van der Waals surface area (Å²) < 4.78 is 0. The van der Waals surface area contributed by atoms with Gasteiger partial charge >= 0.3 is 0 Å². The van der Waals surface area contributed by atoms with E-state index in [9.17, 15) is 5.26 Å². The fourth-order valence-electron chi connectivity index (χ4n) is 1.80. The number of hydrogen-bond acceptors (Lipinski definition) is 2. The fraction of sp³-hybridized carbons (Fsp3) is 0.286. The third-order valence-corrected chi connectivity index (χ3v) is 2.70. The Balaban J connectivity index is 3.08. The van der Waals surface area contributed by atoms with Crippen LogP contribution >= 0.6 is 0 Å². The first kappa shape index (κ1) is 12.0. The second kappa shape index (κ2) is 5.73. The summed E-state index contributed by atoms with van der Waals surface area (Å²) in [6.07, 6.45) is 3.26. The van der Waals surface area contributed by atoms with Crippen molar-refractivity contribution in [1.82, 2.24) is 0 Å². The molecule has 16 heavy (non-hydrogen) atoms. The Morgan fingerprint density at radius 2 is 1.94 bits per heavy atom. The lowest BCUT2D eigenvalue weighted by molar-refractivity contribution is 0.517. The Kier molecular flexibility index (Phi) is 4.30. The SMILES string of the molecule is C=CCC(C#N)(CCC#N)c1ccccc1. The lowest BCUT2D eigenvalue weighted by atomic mass is 9.75. The molecule has 1 atom stereocenters. The maximum Gasteiger partial charge on any atom is 0.0866 e. The number of benzene rings is 1. The van der Waals surface area contributed by atoms with Gasteiger partial charge in [-0.2, -0.15) is 10.5 Å². The monoisotopic (exact) mass is 210 g/mol. The van der Waals surface area contributed by atoms with E-state index >= 15 is 0 Å². The van der Waals surface area contributed by atoms with Crippen molar-refractivity contribution < 1.29 is 0 Å². The average molecular weight is 210 g/mol. The van der Waals surface area contributed by atoms with Crippen molar-refractivity contribution in [2.75, 3.05) is 0 Å². The second-order valence-electron chi connectivity index (χ2n) is 3.71.